The van der Waals surface area contributed by atoms with E-state index in [0.717, 1.165) is 0 Å². The van der Waals surface area contributed by atoms with Gasteiger partial charge in [0.25, 0.3) is 0 Å². The van der Waals surface area contributed by atoms with Crippen LogP contribution in [-0.2, 0) is 40.0 Å². The van der Waals surface area contributed by atoms with Crippen molar-refractivity contribution in [2.75, 3.05) is 0 Å². The summed E-state index contributed by atoms with van der Waals surface area (Å²) in [5.74, 6) is -7.67. The second-order valence-electron chi connectivity index (χ2n) is 8.02. The maximum Gasteiger partial charge on any atom is 0.326 e. The molecule has 12 N–H and O–H groups in total. The summed E-state index contributed by atoms with van der Waals surface area (Å²) in [4.78, 5) is 89.4. The summed E-state index contributed by atoms with van der Waals surface area (Å²) in [5, 5.41) is 24.9. The molecule has 0 aliphatic rings. The third-order valence-electron chi connectivity index (χ3n) is 4.95. The van der Waals surface area contributed by atoms with Gasteiger partial charge < -0.3 is 48.3 Å². The van der Waals surface area contributed by atoms with Crippen molar-refractivity contribution in [2.45, 2.75) is 62.7 Å². The van der Waals surface area contributed by atoms with Crippen LogP contribution in [0.1, 0.15) is 37.8 Å². The number of rotatable bonds is 17. The lowest BCUT2D eigenvalue weighted by Crippen LogP contribution is -2.57. The number of aromatic amines is 1. The predicted molar refractivity (Wildman–Crippen MR) is 123 cm³/mol. The molecule has 4 unspecified atom stereocenters. The van der Waals surface area contributed by atoms with E-state index < -0.39 is 72.1 Å². The molecule has 17 heteroatoms. The van der Waals surface area contributed by atoms with Crippen LogP contribution in [-0.4, -0.2) is 85.8 Å². The van der Waals surface area contributed by atoms with E-state index in [9.17, 15) is 38.7 Å². The molecule has 0 aliphatic carbocycles. The van der Waals surface area contributed by atoms with Crippen LogP contribution >= 0.6 is 0 Å². The zero-order valence-corrected chi connectivity index (χ0v) is 19.6. The summed E-state index contributed by atoms with van der Waals surface area (Å²) in [5.41, 5.74) is 16.5. The van der Waals surface area contributed by atoms with E-state index >= 15 is 0 Å². The van der Waals surface area contributed by atoms with Crippen LogP contribution in [0.25, 0.3) is 0 Å². The molecule has 0 radical (unpaired) electrons. The summed E-state index contributed by atoms with van der Waals surface area (Å²) < 4.78 is 0. The number of imidazole rings is 1. The van der Waals surface area contributed by atoms with Crippen molar-refractivity contribution in [3.63, 3.8) is 0 Å². The molecule has 0 bridgehead atoms. The molecule has 0 saturated carbocycles. The molecule has 5 amide bonds. The maximum absolute atomic E-state index is 12.9. The SMILES string of the molecule is NC(=O)CCC(NC(=O)C(CC(=O)O)NC(=O)C(CCC(N)=O)NC(=O)C(N)Cc1cnc[nH]1)C(=O)O. The molecule has 1 heterocycles. The van der Waals surface area contributed by atoms with Crippen LogP contribution in [0.15, 0.2) is 12.5 Å². The molecule has 1 aromatic heterocycles. The number of hydrogen-bond donors (Lipinski definition) is 9. The molecular formula is C20H30N8O9. The molecule has 4 atom stereocenters. The number of H-pyrrole nitrogens is 1. The normalized spacial score (nSPS) is 13.9. The number of nitrogens with one attached hydrogen (secondary N) is 4. The van der Waals surface area contributed by atoms with Crippen molar-refractivity contribution in [1.82, 2.24) is 25.9 Å². The fourth-order valence-corrected chi connectivity index (χ4v) is 3.03. The average molecular weight is 527 g/mol. The minimum absolute atomic E-state index is 0.0297. The topological polar surface area (TPSA) is 303 Å². The third kappa shape index (κ3) is 11.6. The number of primary amides is 2. The number of carboxylic acid groups (broad SMARTS) is 2. The number of carboxylic acids is 2. The Morgan fingerprint density at radius 3 is 1.84 bits per heavy atom. The predicted octanol–water partition coefficient (Wildman–Crippen LogP) is -4.18. The zero-order chi connectivity index (χ0) is 28.1. The van der Waals surface area contributed by atoms with Gasteiger partial charge in [-0.1, -0.05) is 0 Å². The van der Waals surface area contributed by atoms with E-state index in [1.807, 2.05) is 5.32 Å². The monoisotopic (exact) mass is 526 g/mol. The highest BCUT2D eigenvalue weighted by molar-refractivity contribution is 5.96. The summed E-state index contributed by atoms with van der Waals surface area (Å²) in [6.07, 6.45) is 0.479. The highest BCUT2D eigenvalue weighted by Crippen LogP contribution is 2.05. The summed E-state index contributed by atoms with van der Waals surface area (Å²) in [6, 6.07) is -5.95. The van der Waals surface area contributed by atoms with E-state index in [0.29, 0.717) is 5.69 Å². The van der Waals surface area contributed by atoms with Crippen LogP contribution in [0.5, 0.6) is 0 Å². The Labute approximate surface area is 209 Å². The van der Waals surface area contributed by atoms with Crippen molar-refractivity contribution in [1.29, 1.82) is 0 Å². The van der Waals surface area contributed by atoms with Gasteiger partial charge in [0.05, 0.1) is 18.8 Å². The fraction of sp³-hybridized carbons (Fsp3) is 0.500. The lowest BCUT2D eigenvalue weighted by molar-refractivity contribution is -0.143. The van der Waals surface area contributed by atoms with Crippen LogP contribution in [0.2, 0.25) is 0 Å². The highest BCUT2D eigenvalue weighted by Gasteiger charge is 2.32. The molecule has 0 saturated heterocycles. The molecular weight excluding hydrogens is 496 g/mol. The second kappa shape index (κ2) is 14.8. The standard InChI is InChI=1S/C20H30N8O9/c21-10(5-9-7-24-8-25-9)17(33)26-11(1-3-14(22)29)18(34)28-13(6-16(31)32)19(35)27-12(20(36)37)2-4-15(23)30/h7-8,10-13H,1-6,21H2,(H2,22,29)(H2,23,30)(H,24,25)(H,26,33)(H,27,35)(H,28,34)(H,31,32)(H,36,37). The Morgan fingerprint density at radius 1 is 0.838 bits per heavy atom. The Bertz CT molecular complexity index is 998. The first-order chi connectivity index (χ1) is 17.3. The second-order valence-corrected chi connectivity index (χ2v) is 8.02. The van der Waals surface area contributed by atoms with Gasteiger partial charge in [-0.05, 0) is 12.8 Å². The number of aliphatic carboxylic acids is 2. The van der Waals surface area contributed by atoms with Gasteiger partial charge in [-0.2, -0.15) is 0 Å². The molecule has 0 spiro atoms. The quantitative estimate of drug-likeness (QED) is 0.0937. The molecule has 1 aromatic rings. The van der Waals surface area contributed by atoms with Crippen molar-refractivity contribution in [2.24, 2.45) is 17.2 Å². The van der Waals surface area contributed by atoms with E-state index in [2.05, 4.69) is 20.6 Å². The first-order valence-corrected chi connectivity index (χ1v) is 10.9. The summed E-state index contributed by atoms with van der Waals surface area (Å²) in [7, 11) is 0. The number of carbonyl (C=O) groups is 7. The summed E-state index contributed by atoms with van der Waals surface area (Å²) in [6.45, 7) is 0. The Balaban J connectivity index is 2.98. The fourth-order valence-electron chi connectivity index (χ4n) is 3.03. The average Bonchev–Trinajstić information content (AvgIpc) is 3.30. The largest absolute Gasteiger partial charge is 0.481 e. The van der Waals surface area contributed by atoms with Gasteiger partial charge in [-0.3, -0.25) is 28.8 Å². The third-order valence-corrected chi connectivity index (χ3v) is 4.95. The minimum atomic E-state index is -1.77. The van der Waals surface area contributed by atoms with E-state index in [1.54, 1.807) is 0 Å². The number of amides is 5. The Hall–Kier alpha value is -4.54. The Morgan fingerprint density at radius 2 is 1.35 bits per heavy atom. The van der Waals surface area contributed by atoms with Crippen LogP contribution in [0, 0.1) is 0 Å². The number of nitrogens with two attached hydrogens (primary N) is 3. The van der Waals surface area contributed by atoms with Gasteiger partial charge in [0, 0.05) is 31.2 Å². The van der Waals surface area contributed by atoms with Gasteiger partial charge in [-0.15, -0.1) is 0 Å². The first kappa shape index (κ1) is 30.5. The van der Waals surface area contributed by atoms with Gasteiger partial charge in [0.15, 0.2) is 0 Å². The summed E-state index contributed by atoms with van der Waals surface area (Å²) >= 11 is 0. The number of nitrogens with zero attached hydrogens (tertiary/aromatic N) is 1. The lowest BCUT2D eigenvalue weighted by Gasteiger charge is -2.24. The van der Waals surface area contributed by atoms with Crippen molar-refractivity contribution in [3.8, 4) is 0 Å². The molecule has 1 rings (SSSR count). The van der Waals surface area contributed by atoms with Gasteiger partial charge in [-0.25, -0.2) is 9.78 Å². The molecule has 0 aromatic carbocycles. The zero-order valence-electron chi connectivity index (χ0n) is 19.6. The van der Waals surface area contributed by atoms with Gasteiger partial charge in [0.1, 0.15) is 18.1 Å². The molecule has 0 aliphatic heterocycles. The van der Waals surface area contributed by atoms with Gasteiger partial charge in [0.2, 0.25) is 29.5 Å². The molecule has 37 heavy (non-hydrogen) atoms. The number of aromatic nitrogens is 2. The van der Waals surface area contributed by atoms with Crippen molar-refractivity contribution < 1.29 is 43.8 Å². The number of carbonyl (C=O) groups excluding carboxylic acids is 5. The highest BCUT2D eigenvalue weighted by atomic mass is 16.4. The van der Waals surface area contributed by atoms with Crippen molar-refractivity contribution >= 4 is 41.5 Å². The van der Waals surface area contributed by atoms with E-state index in [4.69, 9.17) is 22.3 Å². The minimum Gasteiger partial charge on any atom is -0.481 e. The Kier molecular flexibility index (Phi) is 12.2. The van der Waals surface area contributed by atoms with E-state index in [1.165, 1.54) is 12.5 Å². The molecule has 17 nitrogen and oxygen atoms in total. The van der Waals surface area contributed by atoms with Gasteiger partial charge >= 0.3 is 11.9 Å². The van der Waals surface area contributed by atoms with Crippen molar-refractivity contribution in [3.05, 3.63) is 18.2 Å². The number of hydrogen-bond acceptors (Lipinski definition) is 9. The smallest absolute Gasteiger partial charge is 0.326 e. The lowest BCUT2D eigenvalue weighted by atomic mass is 10.1. The first-order valence-electron chi connectivity index (χ1n) is 10.9. The molecule has 0 fully saturated rings. The van der Waals surface area contributed by atoms with Crippen LogP contribution in [0.3, 0.4) is 0 Å². The van der Waals surface area contributed by atoms with Crippen LogP contribution < -0.4 is 33.2 Å². The molecule has 204 valence electrons. The van der Waals surface area contributed by atoms with Crippen LogP contribution in [0.4, 0.5) is 0 Å². The maximum atomic E-state index is 12.9. The van der Waals surface area contributed by atoms with E-state index in [-0.39, 0.29) is 32.1 Å².